The van der Waals surface area contributed by atoms with Gasteiger partial charge in [0.15, 0.2) is 0 Å². The van der Waals surface area contributed by atoms with E-state index in [2.05, 4.69) is 5.32 Å². The highest BCUT2D eigenvalue weighted by molar-refractivity contribution is 5.65. The monoisotopic (exact) mass is 198 g/mol. The smallest absolute Gasteiger partial charge is 0.404 e. The number of amides is 1. The molecule has 4 nitrogen and oxygen atoms in total. The fourth-order valence-corrected chi connectivity index (χ4v) is 3.33. The fourth-order valence-electron chi connectivity index (χ4n) is 3.33. The molecule has 0 saturated heterocycles. The lowest BCUT2D eigenvalue weighted by molar-refractivity contribution is 0.162. The molecule has 2 aliphatic carbocycles. The van der Waals surface area contributed by atoms with E-state index >= 15 is 0 Å². The maximum Gasteiger partial charge on any atom is 0.404 e. The Morgan fingerprint density at radius 2 is 2.00 bits per heavy atom. The Bertz CT molecular complexity index is 240. The third-order valence-corrected chi connectivity index (χ3v) is 4.02. The Balaban J connectivity index is 2.12. The minimum Gasteiger partial charge on any atom is -0.465 e. The summed E-state index contributed by atoms with van der Waals surface area (Å²) in [5.41, 5.74) is 6.19. The minimum atomic E-state index is -0.907. The van der Waals surface area contributed by atoms with Crippen LogP contribution in [0, 0.1) is 5.41 Å². The molecule has 0 aliphatic heterocycles. The molecule has 4 heteroatoms. The van der Waals surface area contributed by atoms with Crippen LogP contribution >= 0.6 is 0 Å². The fraction of sp³-hybridized carbons (Fsp3) is 0.900. The first-order valence-corrected chi connectivity index (χ1v) is 5.40. The van der Waals surface area contributed by atoms with E-state index in [0.717, 1.165) is 38.5 Å². The van der Waals surface area contributed by atoms with Gasteiger partial charge in [-0.2, -0.15) is 0 Å². The van der Waals surface area contributed by atoms with Crippen LogP contribution in [0.1, 0.15) is 38.5 Å². The second-order valence-electron chi connectivity index (χ2n) is 4.63. The lowest BCUT2D eigenvalue weighted by Crippen LogP contribution is -2.50. The van der Waals surface area contributed by atoms with Crippen molar-refractivity contribution in [1.82, 2.24) is 5.32 Å². The van der Waals surface area contributed by atoms with E-state index in [4.69, 9.17) is 10.8 Å². The first-order chi connectivity index (χ1) is 6.65. The number of hydrogen-bond acceptors (Lipinski definition) is 2. The molecule has 0 aromatic carbocycles. The summed E-state index contributed by atoms with van der Waals surface area (Å²) < 4.78 is 0. The third kappa shape index (κ3) is 1.38. The summed E-state index contributed by atoms with van der Waals surface area (Å²) in [6, 6.07) is 0.291. The molecule has 0 bridgehead atoms. The van der Waals surface area contributed by atoms with Crippen LogP contribution < -0.4 is 11.1 Å². The predicted octanol–water partition coefficient (Wildman–Crippen LogP) is 1.30. The topological polar surface area (TPSA) is 75.3 Å². The van der Waals surface area contributed by atoms with Gasteiger partial charge in [-0.1, -0.05) is 12.8 Å². The Morgan fingerprint density at radius 3 is 2.50 bits per heavy atom. The highest BCUT2D eigenvalue weighted by Crippen LogP contribution is 2.49. The summed E-state index contributed by atoms with van der Waals surface area (Å²) >= 11 is 0. The molecule has 80 valence electrons. The summed E-state index contributed by atoms with van der Waals surface area (Å²) in [6.45, 7) is 0. The van der Waals surface area contributed by atoms with Crippen LogP contribution in [0.2, 0.25) is 0 Å². The molecule has 2 fully saturated rings. The van der Waals surface area contributed by atoms with Crippen molar-refractivity contribution in [2.24, 2.45) is 11.1 Å². The van der Waals surface area contributed by atoms with E-state index in [1.54, 1.807) is 0 Å². The molecule has 2 saturated carbocycles. The van der Waals surface area contributed by atoms with Crippen LogP contribution in [0.5, 0.6) is 0 Å². The van der Waals surface area contributed by atoms with Crippen molar-refractivity contribution < 1.29 is 9.90 Å². The zero-order valence-corrected chi connectivity index (χ0v) is 8.33. The van der Waals surface area contributed by atoms with Gasteiger partial charge in [-0.25, -0.2) is 4.79 Å². The molecular formula is C10H18N2O2. The molecule has 3 atom stereocenters. The van der Waals surface area contributed by atoms with Gasteiger partial charge in [-0.15, -0.1) is 0 Å². The average Bonchev–Trinajstić information content (AvgIpc) is 2.63. The zero-order valence-electron chi connectivity index (χ0n) is 8.33. The highest BCUT2D eigenvalue weighted by Gasteiger charge is 2.50. The van der Waals surface area contributed by atoms with Gasteiger partial charge in [0.05, 0.1) is 0 Å². The van der Waals surface area contributed by atoms with Gasteiger partial charge in [0.25, 0.3) is 0 Å². The number of hydrogen-bond donors (Lipinski definition) is 3. The minimum absolute atomic E-state index is 0.0817. The Labute approximate surface area is 83.9 Å². The number of carbonyl (C=O) groups is 1. The van der Waals surface area contributed by atoms with Gasteiger partial charge in [0, 0.05) is 17.5 Å². The zero-order chi connectivity index (χ0) is 10.2. The standard InChI is InChI=1S/C10H18N2O2/c11-7-3-1-5-10(7)6-2-4-8(10)12-9(13)14/h7-8,12H,1-6,11H2,(H,13,14). The molecule has 3 unspecified atom stereocenters. The van der Waals surface area contributed by atoms with Crippen molar-refractivity contribution in [2.45, 2.75) is 50.6 Å². The van der Waals surface area contributed by atoms with E-state index in [9.17, 15) is 4.79 Å². The second-order valence-corrected chi connectivity index (χ2v) is 4.63. The normalized spacial score (nSPS) is 41.8. The predicted molar refractivity (Wildman–Crippen MR) is 53.1 cm³/mol. The van der Waals surface area contributed by atoms with Crippen molar-refractivity contribution in [3.05, 3.63) is 0 Å². The van der Waals surface area contributed by atoms with Crippen LogP contribution in [0.4, 0.5) is 4.79 Å². The molecule has 0 heterocycles. The Morgan fingerprint density at radius 1 is 1.36 bits per heavy atom. The van der Waals surface area contributed by atoms with E-state index < -0.39 is 6.09 Å². The number of nitrogens with one attached hydrogen (secondary N) is 1. The maximum atomic E-state index is 10.7. The first-order valence-electron chi connectivity index (χ1n) is 5.40. The average molecular weight is 198 g/mol. The van der Waals surface area contributed by atoms with Gasteiger partial charge in [0.2, 0.25) is 0 Å². The third-order valence-electron chi connectivity index (χ3n) is 4.02. The quantitative estimate of drug-likeness (QED) is 0.594. The molecule has 1 spiro atoms. The van der Waals surface area contributed by atoms with Crippen LogP contribution in [-0.2, 0) is 0 Å². The molecule has 2 rings (SSSR count). The summed E-state index contributed by atoms with van der Waals surface area (Å²) in [4.78, 5) is 10.7. The van der Waals surface area contributed by atoms with Crippen molar-refractivity contribution in [3.8, 4) is 0 Å². The Kier molecular flexibility index (Phi) is 2.39. The van der Waals surface area contributed by atoms with Crippen LogP contribution in [0.15, 0.2) is 0 Å². The van der Waals surface area contributed by atoms with E-state index in [0.29, 0.717) is 0 Å². The summed E-state index contributed by atoms with van der Waals surface area (Å²) in [7, 11) is 0. The van der Waals surface area contributed by atoms with Crippen LogP contribution in [-0.4, -0.2) is 23.3 Å². The van der Waals surface area contributed by atoms with Gasteiger partial charge in [0.1, 0.15) is 0 Å². The lowest BCUT2D eigenvalue weighted by Gasteiger charge is -2.35. The van der Waals surface area contributed by atoms with Crippen LogP contribution in [0.3, 0.4) is 0 Å². The molecule has 4 N–H and O–H groups in total. The SMILES string of the molecule is NC1CCCC12CCCC2NC(=O)O. The van der Waals surface area contributed by atoms with Gasteiger partial charge in [-0.05, 0) is 25.7 Å². The summed E-state index contributed by atoms with van der Waals surface area (Å²) in [6.07, 6.45) is 5.56. The van der Waals surface area contributed by atoms with Crippen molar-refractivity contribution >= 4 is 6.09 Å². The lowest BCUT2D eigenvalue weighted by atomic mass is 9.78. The highest BCUT2D eigenvalue weighted by atomic mass is 16.4. The Hall–Kier alpha value is -0.770. The van der Waals surface area contributed by atoms with Crippen molar-refractivity contribution in [1.29, 1.82) is 0 Å². The second kappa shape index (κ2) is 3.42. The van der Waals surface area contributed by atoms with Gasteiger partial charge >= 0.3 is 6.09 Å². The van der Waals surface area contributed by atoms with E-state index in [1.807, 2.05) is 0 Å². The molecule has 1 amide bonds. The van der Waals surface area contributed by atoms with E-state index in [1.165, 1.54) is 0 Å². The number of carboxylic acid groups (broad SMARTS) is 1. The maximum absolute atomic E-state index is 10.7. The molecule has 14 heavy (non-hydrogen) atoms. The number of rotatable bonds is 1. The van der Waals surface area contributed by atoms with Crippen LogP contribution in [0.25, 0.3) is 0 Å². The summed E-state index contributed by atoms with van der Waals surface area (Å²) in [5.74, 6) is 0. The van der Waals surface area contributed by atoms with Crippen molar-refractivity contribution in [2.75, 3.05) is 0 Å². The molecular weight excluding hydrogens is 180 g/mol. The first kappa shape index (κ1) is 9.77. The molecule has 0 aromatic heterocycles. The molecule has 0 aromatic rings. The van der Waals surface area contributed by atoms with Gasteiger partial charge < -0.3 is 16.2 Å². The van der Waals surface area contributed by atoms with Gasteiger partial charge in [-0.3, -0.25) is 0 Å². The summed E-state index contributed by atoms with van der Waals surface area (Å²) in [5, 5.41) is 11.4. The van der Waals surface area contributed by atoms with E-state index in [-0.39, 0.29) is 17.5 Å². The van der Waals surface area contributed by atoms with Crippen molar-refractivity contribution in [3.63, 3.8) is 0 Å². The molecule has 2 aliphatic rings. The molecule has 0 radical (unpaired) electrons. The largest absolute Gasteiger partial charge is 0.465 e. The number of nitrogens with two attached hydrogens (primary N) is 1.